The van der Waals surface area contributed by atoms with Gasteiger partial charge in [0.25, 0.3) is 0 Å². The zero-order chi connectivity index (χ0) is 14.1. The summed E-state index contributed by atoms with van der Waals surface area (Å²) in [5, 5.41) is 11.1. The summed E-state index contributed by atoms with van der Waals surface area (Å²) in [6, 6.07) is 7.97. The third kappa shape index (κ3) is 5.84. The van der Waals surface area contributed by atoms with Crippen LogP contribution >= 0.6 is 0 Å². The molecular weight excluding hydrogens is 252 g/mol. The van der Waals surface area contributed by atoms with Crippen molar-refractivity contribution in [1.29, 1.82) is 0 Å². The van der Waals surface area contributed by atoms with Crippen LogP contribution in [0.4, 0.5) is 4.79 Å². The fourth-order valence-corrected chi connectivity index (χ4v) is 1.35. The smallest absolute Gasteiger partial charge is 0.408 e. The van der Waals surface area contributed by atoms with E-state index in [9.17, 15) is 9.59 Å². The molecule has 0 unspecified atom stereocenters. The minimum atomic E-state index is -1.17. The van der Waals surface area contributed by atoms with Crippen molar-refractivity contribution in [1.82, 2.24) is 5.32 Å². The van der Waals surface area contributed by atoms with Crippen LogP contribution in [0.25, 0.3) is 0 Å². The summed E-state index contributed by atoms with van der Waals surface area (Å²) in [5.74, 6) is 3.63. The van der Waals surface area contributed by atoms with Gasteiger partial charge in [-0.25, -0.2) is 15.5 Å². The van der Waals surface area contributed by atoms with Crippen molar-refractivity contribution in [2.45, 2.75) is 19.1 Å². The number of hydrogen-bond acceptors (Lipinski definition) is 5. The lowest BCUT2D eigenvalue weighted by atomic mass is 10.2. The van der Waals surface area contributed by atoms with Gasteiger partial charge in [-0.3, -0.25) is 0 Å². The molecule has 0 spiro atoms. The number of aliphatic carboxylic acids is 1. The van der Waals surface area contributed by atoms with Gasteiger partial charge in [0, 0.05) is 6.42 Å². The van der Waals surface area contributed by atoms with Crippen molar-refractivity contribution in [3.05, 3.63) is 35.9 Å². The number of hydrogen-bond donors (Lipinski definition) is 3. The van der Waals surface area contributed by atoms with E-state index in [1.807, 2.05) is 18.2 Å². The van der Waals surface area contributed by atoms with Crippen LogP contribution in [0.3, 0.4) is 0 Å². The van der Waals surface area contributed by atoms with Crippen LogP contribution < -0.4 is 11.2 Å². The number of carboxylic acid groups (broad SMARTS) is 1. The van der Waals surface area contributed by atoms with Crippen LogP contribution in [0.15, 0.2) is 30.3 Å². The van der Waals surface area contributed by atoms with Crippen LogP contribution in [0.5, 0.6) is 0 Å². The summed E-state index contributed by atoms with van der Waals surface area (Å²) in [7, 11) is 0. The van der Waals surface area contributed by atoms with E-state index in [0.29, 0.717) is 0 Å². The van der Waals surface area contributed by atoms with Gasteiger partial charge in [-0.2, -0.15) is 0 Å². The van der Waals surface area contributed by atoms with Gasteiger partial charge in [-0.1, -0.05) is 30.3 Å². The fourth-order valence-electron chi connectivity index (χ4n) is 1.35. The van der Waals surface area contributed by atoms with E-state index >= 15 is 0 Å². The highest BCUT2D eigenvalue weighted by Gasteiger charge is 2.20. The van der Waals surface area contributed by atoms with Crippen LogP contribution in [-0.4, -0.2) is 29.8 Å². The summed E-state index contributed by atoms with van der Waals surface area (Å²) in [6.07, 6.45) is -0.736. The van der Waals surface area contributed by atoms with Crippen molar-refractivity contribution in [2.24, 2.45) is 5.90 Å². The van der Waals surface area contributed by atoms with Crippen LogP contribution in [0.2, 0.25) is 0 Å². The molecular formula is C12H16N2O5. The van der Waals surface area contributed by atoms with Crippen LogP contribution in [-0.2, 0) is 21.0 Å². The zero-order valence-corrected chi connectivity index (χ0v) is 10.2. The molecule has 0 bridgehead atoms. The third-order valence-corrected chi connectivity index (χ3v) is 2.33. The maximum Gasteiger partial charge on any atom is 0.408 e. The minimum absolute atomic E-state index is 0.0237. The summed E-state index contributed by atoms with van der Waals surface area (Å²) in [6.45, 7) is 0.0995. The summed E-state index contributed by atoms with van der Waals surface area (Å²) in [4.78, 5) is 26.6. The van der Waals surface area contributed by atoms with E-state index in [4.69, 9.17) is 15.7 Å². The topological polar surface area (TPSA) is 111 Å². The molecule has 1 atom stereocenters. The Balaban J connectivity index is 2.38. The predicted octanol–water partition coefficient (Wildman–Crippen LogP) is 0.646. The Morgan fingerprint density at radius 1 is 1.32 bits per heavy atom. The van der Waals surface area contributed by atoms with E-state index in [-0.39, 0.29) is 19.6 Å². The maximum atomic E-state index is 11.4. The SMILES string of the molecule is NOCC[C@H](NC(=O)OCc1ccccc1)C(=O)O. The second kappa shape index (κ2) is 8.06. The molecule has 0 heterocycles. The first kappa shape index (κ1) is 14.9. The number of carbonyl (C=O) groups excluding carboxylic acids is 1. The Labute approximate surface area is 110 Å². The van der Waals surface area contributed by atoms with Crippen LogP contribution in [0.1, 0.15) is 12.0 Å². The van der Waals surface area contributed by atoms with Crippen molar-refractivity contribution in [3.8, 4) is 0 Å². The van der Waals surface area contributed by atoms with E-state index in [2.05, 4.69) is 10.2 Å². The lowest BCUT2D eigenvalue weighted by Gasteiger charge is -2.13. The maximum absolute atomic E-state index is 11.4. The summed E-state index contributed by atoms with van der Waals surface area (Å²) >= 11 is 0. The molecule has 0 aliphatic rings. The summed E-state index contributed by atoms with van der Waals surface area (Å²) in [5.41, 5.74) is 0.815. The van der Waals surface area contributed by atoms with Crippen LogP contribution in [0, 0.1) is 0 Å². The minimum Gasteiger partial charge on any atom is -0.480 e. The second-order valence-electron chi connectivity index (χ2n) is 3.76. The first-order chi connectivity index (χ1) is 9.13. The first-order valence-electron chi connectivity index (χ1n) is 5.65. The normalized spacial score (nSPS) is 11.6. The average molecular weight is 268 g/mol. The monoisotopic (exact) mass is 268 g/mol. The number of carbonyl (C=O) groups is 2. The average Bonchev–Trinajstić information content (AvgIpc) is 2.42. The van der Waals surface area contributed by atoms with E-state index in [1.54, 1.807) is 12.1 Å². The Kier molecular flexibility index (Phi) is 6.34. The zero-order valence-electron chi connectivity index (χ0n) is 10.2. The van der Waals surface area contributed by atoms with Gasteiger partial charge < -0.3 is 20.0 Å². The molecule has 19 heavy (non-hydrogen) atoms. The lowest BCUT2D eigenvalue weighted by molar-refractivity contribution is -0.139. The van der Waals surface area contributed by atoms with Gasteiger partial charge in [0.05, 0.1) is 6.61 Å². The number of amides is 1. The molecule has 1 amide bonds. The predicted molar refractivity (Wildman–Crippen MR) is 65.9 cm³/mol. The Bertz CT molecular complexity index is 410. The van der Waals surface area contributed by atoms with Gasteiger partial charge in [0.1, 0.15) is 12.6 Å². The third-order valence-electron chi connectivity index (χ3n) is 2.33. The molecule has 7 nitrogen and oxygen atoms in total. The van der Waals surface area contributed by atoms with E-state index in [0.717, 1.165) is 5.56 Å². The molecule has 1 aromatic rings. The molecule has 0 saturated heterocycles. The van der Waals surface area contributed by atoms with Gasteiger partial charge >= 0.3 is 12.1 Å². The highest BCUT2D eigenvalue weighted by molar-refractivity contribution is 5.79. The molecule has 0 fully saturated rings. The highest BCUT2D eigenvalue weighted by atomic mass is 16.6. The quantitative estimate of drug-likeness (QED) is 0.626. The van der Waals surface area contributed by atoms with Crippen molar-refractivity contribution >= 4 is 12.1 Å². The Hall–Kier alpha value is -2.12. The molecule has 7 heteroatoms. The largest absolute Gasteiger partial charge is 0.480 e. The molecule has 0 saturated carbocycles. The standard InChI is InChI=1S/C12H16N2O5/c13-19-7-6-10(11(15)16)14-12(17)18-8-9-4-2-1-3-5-9/h1-5,10H,6-8,13H2,(H,14,17)(H,15,16)/t10-/m0/s1. The number of carboxylic acids is 1. The molecule has 1 aromatic carbocycles. The van der Waals surface area contributed by atoms with E-state index < -0.39 is 18.1 Å². The highest BCUT2D eigenvalue weighted by Crippen LogP contribution is 2.01. The fraction of sp³-hybridized carbons (Fsp3) is 0.333. The molecule has 0 aromatic heterocycles. The van der Waals surface area contributed by atoms with Gasteiger partial charge in [-0.15, -0.1) is 0 Å². The number of nitrogens with one attached hydrogen (secondary N) is 1. The molecule has 104 valence electrons. The molecule has 4 N–H and O–H groups in total. The molecule has 0 radical (unpaired) electrons. The Morgan fingerprint density at radius 2 is 2.00 bits per heavy atom. The van der Waals surface area contributed by atoms with Gasteiger partial charge in [0.15, 0.2) is 0 Å². The van der Waals surface area contributed by atoms with E-state index in [1.165, 1.54) is 0 Å². The Morgan fingerprint density at radius 3 is 2.58 bits per heavy atom. The molecule has 1 rings (SSSR count). The van der Waals surface area contributed by atoms with Gasteiger partial charge in [-0.05, 0) is 5.56 Å². The van der Waals surface area contributed by atoms with Gasteiger partial charge in [0.2, 0.25) is 0 Å². The molecule has 0 aliphatic heterocycles. The molecule has 0 aliphatic carbocycles. The number of nitrogens with two attached hydrogens (primary N) is 1. The van der Waals surface area contributed by atoms with Crippen molar-refractivity contribution < 1.29 is 24.3 Å². The lowest BCUT2D eigenvalue weighted by Crippen LogP contribution is -2.41. The van der Waals surface area contributed by atoms with Crippen molar-refractivity contribution in [2.75, 3.05) is 6.61 Å². The number of ether oxygens (including phenoxy) is 1. The first-order valence-corrected chi connectivity index (χ1v) is 5.65. The number of alkyl carbamates (subject to hydrolysis) is 1. The van der Waals surface area contributed by atoms with Crippen molar-refractivity contribution in [3.63, 3.8) is 0 Å². The number of benzene rings is 1. The second-order valence-corrected chi connectivity index (χ2v) is 3.76. The number of rotatable bonds is 7. The summed E-state index contributed by atoms with van der Waals surface area (Å²) < 4.78 is 4.90.